The van der Waals surface area contributed by atoms with Crippen LogP contribution in [0.25, 0.3) is 20.2 Å². The number of carbonyl (C=O) groups is 1. The summed E-state index contributed by atoms with van der Waals surface area (Å²) in [5.74, 6) is -0.123. The Balaban J connectivity index is 1.56. The van der Waals surface area contributed by atoms with Crippen LogP contribution in [-0.2, 0) is 4.79 Å². The molecule has 0 unspecified atom stereocenters. The molecule has 154 valence electrons. The number of hydrogen-bond acceptors (Lipinski definition) is 5. The highest BCUT2D eigenvalue weighted by molar-refractivity contribution is 7.26. The van der Waals surface area contributed by atoms with Crippen LogP contribution in [-0.4, -0.2) is 46.8 Å². The lowest BCUT2D eigenvalue weighted by atomic mass is 10.1. The number of amides is 1. The number of likely N-dealkylation sites (tertiary alicyclic amines) is 1. The molecular formula is C22H28N4O2S. The first-order chi connectivity index (χ1) is 14.1. The van der Waals surface area contributed by atoms with Crippen molar-refractivity contribution in [1.29, 1.82) is 0 Å². The zero-order chi connectivity index (χ0) is 20.4. The van der Waals surface area contributed by atoms with Gasteiger partial charge in [-0.3, -0.25) is 9.59 Å². The van der Waals surface area contributed by atoms with E-state index in [4.69, 9.17) is 0 Å². The van der Waals surface area contributed by atoms with Crippen molar-refractivity contribution in [2.24, 2.45) is 0 Å². The molecule has 1 aromatic carbocycles. The van der Waals surface area contributed by atoms with Gasteiger partial charge in [0.2, 0.25) is 5.91 Å². The molecule has 0 spiro atoms. The fourth-order valence-electron chi connectivity index (χ4n) is 4.20. The zero-order valence-corrected chi connectivity index (χ0v) is 17.9. The third-order valence-corrected chi connectivity index (χ3v) is 7.02. The fraction of sp³-hybridized carbons (Fsp3) is 0.500. The highest BCUT2D eigenvalue weighted by atomic mass is 32.1. The van der Waals surface area contributed by atoms with E-state index in [1.807, 2.05) is 38.1 Å². The van der Waals surface area contributed by atoms with Crippen molar-refractivity contribution < 1.29 is 4.79 Å². The van der Waals surface area contributed by atoms with Crippen LogP contribution < -0.4 is 10.9 Å². The minimum atomic E-state index is -0.587. The molecule has 1 atom stereocenters. The first kappa shape index (κ1) is 20.0. The van der Waals surface area contributed by atoms with E-state index in [1.165, 1.54) is 30.6 Å². The monoisotopic (exact) mass is 412 g/mol. The number of thiophene rings is 1. The second kappa shape index (κ2) is 8.63. The van der Waals surface area contributed by atoms with E-state index in [0.29, 0.717) is 18.4 Å². The molecule has 1 fully saturated rings. The molecule has 29 heavy (non-hydrogen) atoms. The lowest BCUT2D eigenvalue weighted by Gasteiger charge is -2.18. The number of aryl methyl sites for hydroxylation is 1. The van der Waals surface area contributed by atoms with Gasteiger partial charge in [-0.1, -0.05) is 25.1 Å². The standard InChI is InChI=1S/C22H28N4O2S/c1-3-17(21(27)23-11-8-14-25-12-6-7-13-25)26-22(28)19-16-9-4-5-10-18(16)29-20(19)15(2)24-26/h4-5,9-10,17H,3,6-8,11-14H2,1-2H3,(H,23,27)/t17-/m1/s1. The Kier molecular flexibility index (Phi) is 5.96. The van der Waals surface area contributed by atoms with Gasteiger partial charge in [0.15, 0.2) is 0 Å². The number of aromatic nitrogens is 2. The van der Waals surface area contributed by atoms with Crippen LogP contribution >= 0.6 is 11.3 Å². The van der Waals surface area contributed by atoms with Gasteiger partial charge in [0.05, 0.1) is 15.8 Å². The Morgan fingerprint density at radius 2 is 2.03 bits per heavy atom. The predicted octanol–water partition coefficient (Wildman–Crippen LogP) is 3.47. The summed E-state index contributed by atoms with van der Waals surface area (Å²) in [4.78, 5) is 28.6. The molecule has 2 aromatic heterocycles. The van der Waals surface area contributed by atoms with Crippen LogP contribution in [0.4, 0.5) is 0 Å². The molecule has 0 aliphatic carbocycles. The van der Waals surface area contributed by atoms with Crippen molar-refractivity contribution in [3.8, 4) is 0 Å². The summed E-state index contributed by atoms with van der Waals surface area (Å²) in [5.41, 5.74) is 0.614. The number of rotatable bonds is 7. The molecule has 1 aliphatic rings. The summed E-state index contributed by atoms with van der Waals surface area (Å²) in [5, 5.41) is 9.17. The van der Waals surface area contributed by atoms with Gasteiger partial charge < -0.3 is 10.2 Å². The van der Waals surface area contributed by atoms with E-state index >= 15 is 0 Å². The molecule has 1 aliphatic heterocycles. The summed E-state index contributed by atoms with van der Waals surface area (Å²) in [6, 6.07) is 7.32. The van der Waals surface area contributed by atoms with E-state index in [2.05, 4.69) is 15.3 Å². The van der Waals surface area contributed by atoms with E-state index in [0.717, 1.165) is 33.4 Å². The van der Waals surface area contributed by atoms with Crippen LogP contribution in [0.1, 0.15) is 44.3 Å². The van der Waals surface area contributed by atoms with E-state index < -0.39 is 6.04 Å². The molecule has 1 saturated heterocycles. The molecule has 0 bridgehead atoms. The number of benzene rings is 1. The van der Waals surface area contributed by atoms with Crippen LogP contribution in [0.3, 0.4) is 0 Å². The maximum absolute atomic E-state index is 13.3. The van der Waals surface area contributed by atoms with Crippen LogP contribution in [0.5, 0.6) is 0 Å². The Morgan fingerprint density at radius 1 is 1.28 bits per heavy atom. The summed E-state index contributed by atoms with van der Waals surface area (Å²) in [6.07, 6.45) is 4.01. The molecule has 1 N–H and O–H groups in total. The second-order valence-corrected chi connectivity index (χ2v) is 8.81. The number of carbonyl (C=O) groups excluding carboxylic acids is 1. The lowest BCUT2D eigenvalue weighted by molar-refractivity contribution is -0.124. The highest BCUT2D eigenvalue weighted by Gasteiger charge is 2.24. The summed E-state index contributed by atoms with van der Waals surface area (Å²) in [7, 11) is 0. The van der Waals surface area contributed by atoms with Gasteiger partial charge in [-0.25, -0.2) is 4.68 Å². The topological polar surface area (TPSA) is 67.2 Å². The van der Waals surface area contributed by atoms with Gasteiger partial charge in [0, 0.05) is 16.6 Å². The molecule has 4 rings (SSSR count). The second-order valence-electron chi connectivity index (χ2n) is 7.75. The molecule has 0 saturated carbocycles. The van der Waals surface area contributed by atoms with E-state index in [-0.39, 0.29) is 11.5 Å². The van der Waals surface area contributed by atoms with Crippen molar-refractivity contribution in [1.82, 2.24) is 20.0 Å². The zero-order valence-electron chi connectivity index (χ0n) is 17.1. The first-order valence-electron chi connectivity index (χ1n) is 10.5. The third-order valence-electron chi connectivity index (χ3n) is 5.74. The third kappa shape index (κ3) is 3.94. The lowest BCUT2D eigenvalue weighted by Crippen LogP contribution is -2.39. The SMILES string of the molecule is CC[C@H](C(=O)NCCCN1CCCC1)n1nc(C)c2sc3ccccc3c2c1=O. The van der Waals surface area contributed by atoms with Crippen LogP contribution in [0.15, 0.2) is 29.1 Å². The maximum Gasteiger partial charge on any atom is 0.276 e. The average Bonchev–Trinajstić information content (AvgIpc) is 3.37. The molecular weight excluding hydrogens is 384 g/mol. The molecule has 1 amide bonds. The minimum absolute atomic E-state index is 0.123. The summed E-state index contributed by atoms with van der Waals surface area (Å²) >= 11 is 1.59. The number of hydrogen-bond donors (Lipinski definition) is 1. The van der Waals surface area contributed by atoms with Gasteiger partial charge in [0.1, 0.15) is 6.04 Å². The van der Waals surface area contributed by atoms with Crippen LogP contribution in [0.2, 0.25) is 0 Å². The largest absolute Gasteiger partial charge is 0.354 e. The number of nitrogens with zero attached hydrogens (tertiary/aromatic N) is 3. The van der Waals surface area contributed by atoms with Gasteiger partial charge in [-0.15, -0.1) is 11.3 Å². The van der Waals surface area contributed by atoms with Crippen LogP contribution in [0, 0.1) is 6.92 Å². The Morgan fingerprint density at radius 3 is 2.79 bits per heavy atom. The quantitative estimate of drug-likeness (QED) is 0.604. The van der Waals surface area contributed by atoms with Gasteiger partial charge >= 0.3 is 0 Å². The molecule has 6 nitrogen and oxygen atoms in total. The van der Waals surface area contributed by atoms with Gasteiger partial charge in [-0.05, 0) is 58.3 Å². The van der Waals surface area contributed by atoms with Gasteiger partial charge in [0.25, 0.3) is 5.56 Å². The molecule has 3 heterocycles. The summed E-state index contributed by atoms with van der Waals surface area (Å²) < 4.78 is 3.38. The summed E-state index contributed by atoms with van der Waals surface area (Å²) in [6.45, 7) is 7.81. The van der Waals surface area contributed by atoms with Crippen molar-refractivity contribution in [2.45, 2.75) is 45.6 Å². The average molecular weight is 413 g/mol. The minimum Gasteiger partial charge on any atom is -0.354 e. The van der Waals surface area contributed by atoms with Crippen molar-refractivity contribution in [2.75, 3.05) is 26.2 Å². The smallest absolute Gasteiger partial charge is 0.276 e. The molecule has 3 aromatic rings. The van der Waals surface area contributed by atoms with Crippen molar-refractivity contribution in [3.63, 3.8) is 0 Å². The highest BCUT2D eigenvalue weighted by Crippen LogP contribution is 2.33. The Bertz CT molecular complexity index is 1080. The Labute approximate surface area is 174 Å². The Hall–Kier alpha value is -2.25. The predicted molar refractivity (Wildman–Crippen MR) is 119 cm³/mol. The first-order valence-corrected chi connectivity index (χ1v) is 11.3. The van der Waals surface area contributed by atoms with Gasteiger partial charge in [-0.2, -0.15) is 5.10 Å². The fourth-order valence-corrected chi connectivity index (χ4v) is 5.33. The molecule has 7 heteroatoms. The van der Waals surface area contributed by atoms with Crippen molar-refractivity contribution >= 4 is 37.4 Å². The number of fused-ring (bicyclic) bond motifs is 3. The van der Waals surface area contributed by atoms with E-state index in [1.54, 1.807) is 11.3 Å². The molecule has 0 radical (unpaired) electrons. The normalized spacial score (nSPS) is 15.9. The van der Waals surface area contributed by atoms with Crippen molar-refractivity contribution in [3.05, 3.63) is 40.3 Å². The number of nitrogens with one attached hydrogen (secondary N) is 1. The maximum atomic E-state index is 13.3. The van der Waals surface area contributed by atoms with E-state index in [9.17, 15) is 9.59 Å².